The van der Waals surface area contributed by atoms with Crippen LogP contribution in [0, 0.1) is 0 Å². The quantitative estimate of drug-likeness (QED) is 0.332. The van der Waals surface area contributed by atoms with E-state index in [1.807, 2.05) is 0 Å². The molecule has 27 heavy (non-hydrogen) atoms. The van der Waals surface area contributed by atoms with Gasteiger partial charge in [0.05, 0.1) is 0 Å². The van der Waals surface area contributed by atoms with E-state index in [2.05, 4.69) is 76.2 Å². The number of hydrogen-bond donors (Lipinski definition) is 0. The highest BCUT2D eigenvalue weighted by molar-refractivity contribution is 5.39. The molecule has 0 saturated heterocycles. The maximum atomic E-state index is 2.35. The SMILES string of the molecule is CCCCCCc1ccc(C(C)(C)c2ccc(CCCCCC)cc2)cc1. The first kappa shape index (κ1) is 21.7. The van der Waals surface area contributed by atoms with E-state index < -0.39 is 0 Å². The molecule has 0 atom stereocenters. The molecule has 2 aromatic rings. The molecule has 0 nitrogen and oxygen atoms in total. The smallest absolute Gasteiger partial charge is 0.0146 e. The zero-order valence-electron chi connectivity index (χ0n) is 18.2. The molecule has 0 aliphatic carbocycles. The molecule has 148 valence electrons. The maximum absolute atomic E-state index is 2.35. The molecule has 0 aliphatic rings. The summed E-state index contributed by atoms with van der Waals surface area (Å²) in [4.78, 5) is 0. The molecule has 0 fully saturated rings. The van der Waals surface area contributed by atoms with Gasteiger partial charge in [0.2, 0.25) is 0 Å². The van der Waals surface area contributed by atoms with Gasteiger partial charge >= 0.3 is 0 Å². The van der Waals surface area contributed by atoms with E-state index in [4.69, 9.17) is 0 Å². The number of benzene rings is 2. The molecule has 0 spiro atoms. The lowest BCUT2D eigenvalue weighted by molar-refractivity contribution is 0.637. The van der Waals surface area contributed by atoms with Crippen molar-refractivity contribution in [3.05, 3.63) is 70.8 Å². The molecule has 0 aromatic heterocycles. The van der Waals surface area contributed by atoms with Gasteiger partial charge in [0.15, 0.2) is 0 Å². The molecule has 0 radical (unpaired) electrons. The lowest BCUT2D eigenvalue weighted by atomic mass is 9.77. The molecule has 0 heterocycles. The van der Waals surface area contributed by atoms with Crippen molar-refractivity contribution < 1.29 is 0 Å². The summed E-state index contributed by atoms with van der Waals surface area (Å²) in [5.41, 5.74) is 5.84. The van der Waals surface area contributed by atoms with Gasteiger partial charge in [-0.2, -0.15) is 0 Å². The van der Waals surface area contributed by atoms with Crippen molar-refractivity contribution in [2.24, 2.45) is 0 Å². The molecular formula is C27H40. The third-order valence-corrected chi connectivity index (χ3v) is 5.99. The van der Waals surface area contributed by atoms with Crippen LogP contribution in [0.2, 0.25) is 0 Å². The Morgan fingerprint density at radius 2 is 0.889 bits per heavy atom. The Labute approximate surface area is 168 Å². The number of aryl methyl sites for hydroxylation is 2. The minimum absolute atomic E-state index is 0.0570. The van der Waals surface area contributed by atoms with Crippen molar-refractivity contribution in [3.8, 4) is 0 Å². The summed E-state index contributed by atoms with van der Waals surface area (Å²) < 4.78 is 0. The van der Waals surface area contributed by atoms with Crippen LogP contribution in [0.5, 0.6) is 0 Å². The zero-order chi connectivity index (χ0) is 19.5. The summed E-state index contributed by atoms with van der Waals surface area (Å²) in [5, 5.41) is 0. The molecule has 0 unspecified atom stereocenters. The molecule has 2 rings (SSSR count). The third kappa shape index (κ3) is 6.83. The fraction of sp³-hybridized carbons (Fsp3) is 0.556. The second kappa shape index (κ2) is 11.3. The summed E-state index contributed by atoms with van der Waals surface area (Å²) in [6, 6.07) is 18.7. The van der Waals surface area contributed by atoms with Crippen LogP contribution >= 0.6 is 0 Å². The molecule has 0 N–H and O–H groups in total. The Morgan fingerprint density at radius 1 is 0.519 bits per heavy atom. The third-order valence-electron chi connectivity index (χ3n) is 5.99. The predicted molar refractivity (Wildman–Crippen MR) is 121 cm³/mol. The van der Waals surface area contributed by atoms with Crippen LogP contribution in [-0.4, -0.2) is 0 Å². The van der Waals surface area contributed by atoms with Gasteiger partial charge in [-0.05, 0) is 47.9 Å². The number of unbranched alkanes of at least 4 members (excludes halogenated alkanes) is 6. The minimum atomic E-state index is 0.0570. The van der Waals surface area contributed by atoms with Crippen molar-refractivity contribution in [2.75, 3.05) is 0 Å². The van der Waals surface area contributed by atoms with Crippen LogP contribution in [0.25, 0.3) is 0 Å². The first-order valence-electron chi connectivity index (χ1n) is 11.3. The average Bonchev–Trinajstić information content (AvgIpc) is 2.69. The van der Waals surface area contributed by atoms with Crippen molar-refractivity contribution in [3.63, 3.8) is 0 Å². The van der Waals surface area contributed by atoms with E-state index in [1.165, 1.54) is 86.5 Å². The van der Waals surface area contributed by atoms with Crippen LogP contribution in [0.1, 0.15) is 101 Å². The first-order valence-corrected chi connectivity index (χ1v) is 11.3. The summed E-state index contributed by atoms with van der Waals surface area (Å²) >= 11 is 0. The highest BCUT2D eigenvalue weighted by Crippen LogP contribution is 2.32. The molecule has 0 amide bonds. The van der Waals surface area contributed by atoms with Gasteiger partial charge in [-0.25, -0.2) is 0 Å². The van der Waals surface area contributed by atoms with Crippen molar-refractivity contribution >= 4 is 0 Å². The molecular weight excluding hydrogens is 324 g/mol. The summed E-state index contributed by atoms with van der Waals surface area (Å²) in [6.45, 7) is 9.24. The van der Waals surface area contributed by atoms with Crippen LogP contribution in [0.4, 0.5) is 0 Å². The zero-order valence-corrected chi connectivity index (χ0v) is 18.2. The normalized spacial score (nSPS) is 11.7. The summed E-state index contributed by atoms with van der Waals surface area (Å²) in [6.07, 6.45) is 13.1. The predicted octanol–water partition coefficient (Wildman–Crippen LogP) is 8.26. The van der Waals surface area contributed by atoms with E-state index in [0.29, 0.717) is 0 Å². The van der Waals surface area contributed by atoms with E-state index >= 15 is 0 Å². The van der Waals surface area contributed by atoms with Gasteiger partial charge < -0.3 is 0 Å². The standard InChI is InChI=1S/C27H40/c1-5-7-9-11-13-23-15-19-25(20-16-23)27(3,4)26-21-17-24(18-22-26)14-12-10-8-6-2/h15-22H,5-14H2,1-4H3. The summed E-state index contributed by atoms with van der Waals surface area (Å²) in [7, 11) is 0. The van der Waals surface area contributed by atoms with Crippen LogP contribution in [-0.2, 0) is 18.3 Å². The van der Waals surface area contributed by atoms with Gasteiger partial charge in [-0.15, -0.1) is 0 Å². The van der Waals surface area contributed by atoms with Crippen molar-refractivity contribution in [1.82, 2.24) is 0 Å². The molecule has 0 bridgehead atoms. The largest absolute Gasteiger partial charge is 0.0654 e. The average molecular weight is 365 g/mol. The van der Waals surface area contributed by atoms with E-state index in [0.717, 1.165) is 0 Å². The Balaban J connectivity index is 1.96. The topological polar surface area (TPSA) is 0 Å². The fourth-order valence-corrected chi connectivity index (χ4v) is 3.85. The van der Waals surface area contributed by atoms with Crippen LogP contribution in [0.3, 0.4) is 0 Å². The van der Waals surface area contributed by atoms with Crippen molar-refractivity contribution in [2.45, 2.75) is 97.3 Å². The lowest BCUT2D eigenvalue weighted by Crippen LogP contribution is -2.18. The Hall–Kier alpha value is -1.56. The van der Waals surface area contributed by atoms with Gasteiger partial charge in [0.1, 0.15) is 0 Å². The van der Waals surface area contributed by atoms with Gasteiger partial charge in [-0.1, -0.05) is 115 Å². The Morgan fingerprint density at radius 3 is 1.22 bits per heavy atom. The monoisotopic (exact) mass is 364 g/mol. The molecule has 0 aliphatic heterocycles. The van der Waals surface area contributed by atoms with Crippen LogP contribution in [0.15, 0.2) is 48.5 Å². The maximum Gasteiger partial charge on any atom is 0.0146 e. The highest BCUT2D eigenvalue weighted by atomic mass is 14.3. The van der Waals surface area contributed by atoms with Crippen LogP contribution < -0.4 is 0 Å². The summed E-state index contributed by atoms with van der Waals surface area (Å²) in [5.74, 6) is 0. The Bertz CT molecular complexity index is 573. The Kier molecular flexibility index (Phi) is 9.11. The van der Waals surface area contributed by atoms with E-state index in [-0.39, 0.29) is 5.41 Å². The molecule has 0 heteroatoms. The molecule has 0 saturated carbocycles. The molecule has 2 aromatic carbocycles. The van der Waals surface area contributed by atoms with Gasteiger partial charge in [0.25, 0.3) is 0 Å². The number of hydrogen-bond acceptors (Lipinski definition) is 0. The van der Waals surface area contributed by atoms with Gasteiger partial charge in [0, 0.05) is 5.41 Å². The second-order valence-electron chi connectivity index (χ2n) is 8.64. The van der Waals surface area contributed by atoms with Crippen molar-refractivity contribution in [1.29, 1.82) is 0 Å². The van der Waals surface area contributed by atoms with E-state index in [9.17, 15) is 0 Å². The number of rotatable bonds is 12. The second-order valence-corrected chi connectivity index (χ2v) is 8.64. The van der Waals surface area contributed by atoms with Gasteiger partial charge in [-0.3, -0.25) is 0 Å². The lowest BCUT2D eigenvalue weighted by Gasteiger charge is -2.26. The fourth-order valence-electron chi connectivity index (χ4n) is 3.85. The minimum Gasteiger partial charge on any atom is -0.0654 e. The van der Waals surface area contributed by atoms with E-state index in [1.54, 1.807) is 0 Å². The highest BCUT2D eigenvalue weighted by Gasteiger charge is 2.22. The first-order chi connectivity index (χ1) is 13.1.